The molecule has 0 saturated heterocycles. The molecule has 0 aliphatic heterocycles. The summed E-state index contributed by atoms with van der Waals surface area (Å²) in [5.74, 6) is 1.80. The molecule has 0 atom stereocenters. The van der Waals surface area contributed by atoms with Crippen molar-refractivity contribution in [3.05, 3.63) is 41.7 Å². The molecule has 0 fully saturated rings. The van der Waals surface area contributed by atoms with Crippen LogP contribution in [0.25, 0.3) is 0 Å². The maximum Gasteiger partial charge on any atom is 0.227 e. The van der Waals surface area contributed by atoms with E-state index in [1.54, 1.807) is 0 Å². The molecule has 1 aromatic carbocycles. The second kappa shape index (κ2) is 5.49. The Bertz CT molecular complexity index is 523. The van der Waals surface area contributed by atoms with Crippen LogP contribution in [0.2, 0.25) is 0 Å². The highest BCUT2D eigenvalue weighted by atomic mass is 16.5. The van der Waals surface area contributed by atoms with Crippen LogP contribution < -0.4 is 10.5 Å². The minimum absolute atomic E-state index is 0.494. The molecule has 0 unspecified atom stereocenters. The van der Waals surface area contributed by atoms with Crippen molar-refractivity contribution in [3.63, 3.8) is 0 Å². The van der Waals surface area contributed by atoms with Crippen molar-refractivity contribution >= 4 is 5.82 Å². The number of hydrogen-bond donors (Lipinski definition) is 1. The summed E-state index contributed by atoms with van der Waals surface area (Å²) in [5.41, 5.74) is 7.92. The lowest BCUT2D eigenvalue weighted by Gasteiger charge is -2.10. The predicted octanol–water partition coefficient (Wildman–Crippen LogP) is 3.11. The van der Waals surface area contributed by atoms with Gasteiger partial charge in [-0.05, 0) is 25.5 Å². The van der Waals surface area contributed by atoms with Gasteiger partial charge in [-0.3, -0.25) is 0 Å². The van der Waals surface area contributed by atoms with Gasteiger partial charge in [0.1, 0.15) is 17.9 Å². The summed E-state index contributed by atoms with van der Waals surface area (Å²) in [5, 5.41) is 0. The van der Waals surface area contributed by atoms with Crippen molar-refractivity contribution in [2.45, 2.75) is 26.7 Å². The van der Waals surface area contributed by atoms with Gasteiger partial charge in [-0.15, -0.1) is 0 Å². The molecule has 0 aliphatic carbocycles. The Hall–Kier alpha value is -2.10. The molecule has 0 amide bonds. The van der Waals surface area contributed by atoms with Gasteiger partial charge in [0.05, 0.1) is 5.56 Å². The number of anilines is 1. The summed E-state index contributed by atoms with van der Waals surface area (Å²) in [6, 6.07) is 7.84. The van der Waals surface area contributed by atoms with Crippen LogP contribution >= 0.6 is 0 Å². The number of benzene rings is 1. The lowest BCUT2D eigenvalue weighted by atomic mass is 10.2. The molecule has 1 heterocycles. The Kier molecular flexibility index (Phi) is 3.77. The number of aromatic nitrogens is 2. The van der Waals surface area contributed by atoms with Crippen LogP contribution in [0.1, 0.15) is 24.5 Å². The molecule has 1 aromatic heterocycles. The molecule has 0 spiro atoms. The average molecular weight is 243 g/mol. The number of ether oxygens (including phenoxy) is 1. The number of nitrogen functional groups attached to an aromatic ring is 1. The van der Waals surface area contributed by atoms with Gasteiger partial charge in [0.25, 0.3) is 0 Å². The second-order valence-electron chi connectivity index (χ2n) is 4.21. The Balaban J connectivity index is 2.28. The molecular formula is C14H17N3O. The molecule has 4 heteroatoms. The minimum Gasteiger partial charge on any atom is -0.439 e. The molecule has 2 rings (SSSR count). The summed E-state index contributed by atoms with van der Waals surface area (Å²) < 4.78 is 5.77. The third kappa shape index (κ3) is 2.77. The number of aryl methyl sites for hydroxylation is 1. The van der Waals surface area contributed by atoms with Crippen molar-refractivity contribution < 1.29 is 4.74 Å². The van der Waals surface area contributed by atoms with Gasteiger partial charge in [-0.1, -0.05) is 31.0 Å². The van der Waals surface area contributed by atoms with E-state index >= 15 is 0 Å². The molecule has 0 radical (unpaired) electrons. The highest BCUT2D eigenvalue weighted by molar-refractivity contribution is 5.46. The first-order chi connectivity index (χ1) is 8.70. The Morgan fingerprint density at radius 2 is 1.89 bits per heavy atom. The maximum atomic E-state index is 5.85. The lowest BCUT2D eigenvalue weighted by molar-refractivity contribution is 0.454. The zero-order chi connectivity index (χ0) is 13.0. The van der Waals surface area contributed by atoms with Crippen LogP contribution in [-0.4, -0.2) is 9.97 Å². The van der Waals surface area contributed by atoms with Gasteiger partial charge in [0, 0.05) is 0 Å². The van der Waals surface area contributed by atoms with Crippen LogP contribution in [0.5, 0.6) is 11.6 Å². The van der Waals surface area contributed by atoms with Crippen molar-refractivity contribution in [1.29, 1.82) is 0 Å². The highest BCUT2D eigenvalue weighted by Gasteiger charge is 2.10. The smallest absolute Gasteiger partial charge is 0.227 e. The fourth-order valence-electron chi connectivity index (χ4n) is 1.70. The second-order valence-corrected chi connectivity index (χ2v) is 4.21. The molecule has 4 nitrogen and oxygen atoms in total. The van der Waals surface area contributed by atoms with Crippen molar-refractivity contribution in [1.82, 2.24) is 9.97 Å². The molecular weight excluding hydrogens is 226 g/mol. The van der Waals surface area contributed by atoms with E-state index in [0.717, 1.165) is 24.2 Å². The summed E-state index contributed by atoms with van der Waals surface area (Å²) in [7, 11) is 0. The van der Waals surface area contributed by atoms with Gasteiger partial charge < -0.3 is 10.5 Å². The zero-order valence-electron chi connectivity index (χ0n) is 10.7. The van der Waals surface area contributed by atoms with Crippen LogP contribution in [0.15, 0.2) is 30.6 Å². The monoisotopic (exact) mass is 243 g/mol. The summed E-state index contributed by atoms with van der Waals surface area (Å²) in [6.07, 6.45) is 3.22. The summed E-state index contributed by atoms with van der Waals surface area (Å²) in [4.78, 5) is 8.16. The third-order valence-electron chi connectivity index (χ3n) is 2.67. The Morgan fingerprint density at radius 1 is 1.17 bits per heavy atom. The largest absolute Gasteiger partial charge is 0.439 e. The van der Waals surface area contributed by atoms with Crippen molar-refractivity contribution in [2.24, 2.45) is 0 Å². The fraction of sp³-hybridized carbons (Fsp3) is 0.286. The van der Waals surface area contributed by atoms with Gasteiger partial charge in [0.15, 0.2) is 0 Å². The van der Waals surface area contributed by atoms with E-state index in [0.29, 0.717) is 11.7 Å². The van der Waals surface area contributed by atoms with E-state index in [1.807, 2.05) is 31.2 Å². The first kappa shape index (κ1) is 12.4. The Morgan fingerprint density at radius 3 is 2.56 bits per heavy atom. The Labute approximate surface area is 107 Å². The molecule has 0 bridgehead atoms. The van der Waals surface area contributed by atoms with Gasteiger partial charge in [0.2, 0.25) is 5.88 Å². The quantitative estimate of drug-likeness (QED) is 0.896. The number of rotatable bonds is 4. The van der Waals surface area contributed by atoms with Gasteiger partial charge in [-0.2, -0.15) is 0 Å². The van der Waals surface area contributed by atoms with Crippen LogP contribution in [-0.2, 0) is 6.42 Å². The number of nitrogens with zero attached hydrogens (tertiary/aromatic N) is 2. The summed E-state index contributed by atoms with van der Waals surface area (Å²) >= 11 is 0. The highest BCUT2D eigenvalue weighted by Crippen LogP contribution is 2.26. The number of hydrogen-bond acceptors (Lipinski definition) is 4. The molecule has 0 saturated carbocycles. The zero-order valence-corrected chi connectivity index (χ0v) is 10.7. The van der Waals surface area contributed by atoms with Gasteiger partial charge in [-0.25, -0.2) is 9.97 Å². The SMILES string of the molecule is CCCc1c(N)ncnc1Oc1ccc(C)cc1. The van der Waals surface area contributed by atoms with E-state index in [2.05, 4.69) is 16.9 Å². The molecule has 2 N–H and O–H groups in total. The maximum absolute atomic E-state index is 5.85. The normalized spacial score (nSPS) is 10.3. The molecule has 2 aromatic rings. The van der Waals surface area contributed by atoms with E-state index in [9.17, 15) is 0 Å². The van der Waals surface area contributed by atoms with Crippen molar-refractivity contribution in [2.75, 3.05) is 5.73 Å². The number of nitrogens with two attached hydrogens (primary N) is 1. The average Bonchev–Trinajstić information content (AvgIpc) is 2.36. The molecule has 94 valence electrons. The predicted molar refractivity (Wildman–Crippen MR) is 71.7 cm³/mol. The van der Waals surface area contributed by atoms with Crippen LogP contribution in [0.4, 0.5) is 5.82 Å². The van der Waals surface area contributed by atoms with Crippen LogP contribution in [0, 0.1) is 6.92 Å². The topological polar surface area (TPSA) is 61.0 Å². The standard InChI is InChI=1S/C14H17N3O/c1-3-4-12-13(15)16-9-17-14(12)18-11-7-5-10(2)6-8-11/h5-9H,3-4H2,1-2H3,(H2,15,16,17). The van der Waals surface area contributed by atoms with Crippen molar-refractivity contribution in [3.8, 4) is 11.6 Å². The first-order valence-corrected chi connectivity index (χ1v) is 6.04. The molecule has 0 aliphatic rings. The lowest BCUT2D eigenvalue weighted by Crippen LogP contribution is -2.02. The van der Waals surface area contributed by atoms with E-state index in [4.69, 9.17) is 10.5 Å². The van der Waals surface area contributed by atoms with Crippen LogP contribution in [0.3, 0.4) is 0 Å². The van der Waals surface area contributed by atoms with Gasteiger partial charge >= 0.3 is 0 Å². The fourth-order valence-corrected chi connectivity index (χ4v) is 1.70. The van der Waals surface area contributed by atoms with E-state index < -0.39 is 0 Å². The summed E-state index contributed by atoms with van der Waals surface area (Å²) in [6.45, 7) is 4.12. The minimum atomic E-state index is 0.494. The third-order valence-corrected chi connectivity index (χ3v) is 2.67. The first-order valence-electron chi connectivity index (χ1n) is 6.04. The van der Waals surface area contributed by atoms with E-state index in [-0.39, 0.29) is 0 Å². The molecule has 18 heavy (non-hydrogen) atoms. The van der Waals surface area contributed by atoms with E-state index in [1.165, 1.54) is 11.9 Å².